The number of halogens is 2. The lowest BCUT2D eigenvalue weighted by Gasteiger charge is -2.20. The van der Waals surface area contributed by atoms with Crippen LogP contribution in [0.5, 0.6) is 0 Å². The fourth-order valence-electron chi connectivity index (χ4n) is 2.10. The quantitative estimate of drug-likeness (QED) is 0.832. The maximum Gasteiger partial charge on any atom is 0.246 e. The summed E-state index contributed by atoms with van der Waals surface area (Å²) in [6.45, 7) is 0.961. The molecule has 1 aliphatic rings. The molecule has 2 rings (SSSR count). The van der Waals surface area contributed by atoms with Crippen LogP contribution in [0, 0.1) is 5.82 Å². The Morgan fingerprint density at radius 2 is 1.72 bits per heavy atom. The minimum Gasteiger partial charge on any atom is -0.207 e. The van der Waals surface area contributed by atoms with E-state index < -0.39 is 15.8 Å². The largest absolute Gasteiger partial charge is 0.246 e. The van der Waals surface area contributed by atoms with E-state index in [4.69, 9.17) is 0 Å². The van der Waals surface area contributed by atoms with Crippen LogP contribution in [0.15, 0.2) is 27.6 Å². The molecule has 100 valence electrons. The fraction of sp³-hybridized carbons (Fsp3) is 0.500. The van der Waals surface area contributed by atoms with Gasteiger partial charge in [0.15, 0.2) is 0 Å². The highest BCUT2D eigenvalue weighted by Gasteiger charge is 2.27. The van der Waals surface area contributed by atoms with Crippen molar-refractivity contribution in [2.24, 2.45) is 0 Å². The first-order valence-corrected chi connectivity index (χ1v) is 8.20. The van der Waals surface area contributed by atoms with Gasteiger partial charge in [0.05, 0.1) is 0 Å². The highest BCUT2D eigenvalue weighted by Crippen LogP contribution is 2.25. The SMILES string of the molecule is O=S(=O)(c1cc(Br)ccc1F)N1CCCCCC1. The zero-order valence-electron chi connectivity index (χ0n) is 9.90. The maximum atomic E-state index is 13.7. The van der Waals surface area contributed by atoms with E-state index in [9.17, 15) is 12.8 Å². The van der Waals surface area contributed by atoms with Gasteiger partial charge in [-0.2, -0.15) is 4.31 Å². The summed E-state index contributed by atoms with van der Waals surface area (Å²) in [5, 5.41) is 0. The molecular formula is C12H15BrFNO2S. The molecule has 3 nitrogen and oxygen atoms in total. The molecule has 1 aliphatic heterocycles. The Kier molecular flexibility index (Phi) is 4.40. The third-order valence-electron chi connectivity index (χ3n) is 3.08. The maximum absolute atomic E-state index is 13.7. The first kappa shape index (κ1) is 14.0. The van der Waals surface area contributed by atoms with Gasteiger partial charge < -0.3 is 0 Å². The van der Waals surface area contributed by atoms with Crippen LogP contribution in [-0.4, -0.2) is 25.8 Å². The van der Waals surface area contributed by atoms with Gasteiger partial charge in [-0.15, -0.1) is 0 Å². The molecule has 0 N–H and O–H groups in total. The van der Waals surface area contributed by atoms with Gasteiger partial charge in [-0.05, 0) is 31.0 Å². The molecule has 0 bridgehead atoms. The number of nitrogens with zero attached hydrogens (tertiary/aromatic N) is 1. The molecule has 0 atom stereocenters. The number of hydrogen-bond acceptors (Lipinski definition) is 2. The molecule has 0 radical (unpaired) electrons. The zero-order chi connectivity index (χ0) is 13.2. The van der Waals surface area contributed by atoms with Crippen LogP contribution >= 0.6 is 15.9 Å². The molecule has 18 heavy (non-hydrogen) atoms. The summed E-state index contributed by atoms with van der Waals surface area (Å²) in [5.74, 6) is -0.692. The molecule has 0 aliphatic carbocycles. The lowest BCUT2D eigenvalue weighted by atomic mass is 10.2. The average molecular weight is 336 g/mol. The third-order valence-corrected chi connectivity index (χ3v) is 5.48. The number of sulfonamides is 1. The number of rotatable bonds is 2. The van der Waals surface area contributed by atoms with Gasteiger partial charge in [-0.3, -0.25) is 0 Å². The van der Waals surface area contributed by atoms with E-state index >= 15 is 0 Å². The Morgan fingerprint density at radius 1 is 1.11 bits per heavy atom. The van der Waals surface area contributed by atoms with Crippen molar-refractivity contribution < 1.29 is 12.8 Å². The van der Waals surface area contributed by atoms with Crippen molar-refractivity contribution in [1.82, 2.24) is 4.31 Å². The zero-order valence-corrected chi connectivity index (χ0v) is 12.3. The molecule has 1 heterocycles. The lowest BCUT2D eigenvalue weighted by molar-refractivity contribution is 0.419. The van der Waals surface area contributed by atoms with Crippen LogP contribution in [0.2, 0.25) is 0 Å². The van der Waals surface area contributed by atoms with E-state index in [1.807, 2.05) is 0 Å². The lowest BCUT2D eigenvalue weighted by Crippen LogP contribution is -2.32. The van der Waals surface area contributed by atoms with Crippen LogP contribution in [0.25, 0.3) is 0 Å². The summed E-state index contributed by atoms with van der Waals surface area (Å²) >= 11 is 3.18. The minimum atomic E-state index is -3.71. The standard InChI is InChI=1S/C12H15BrFNO2S/c13-10-5-6-11(14)12(9-10)18(16,17)15-7-3-1-2-4-8-15/h5-6,9H,1-4,7-8H2. The summed E-state index contributed by atoms with van der Waals surface area (Å²) in [5.41, 5.74) is 0. The molecule has 6 heteroatoms. The summed E-state index contributed by atoms with van der Waals surface area (Å²) in [4.78, 5) is -0.237. The van der Waals surface area contributed by atoms with Crippen molar-refractivity contribution in [2.45, 2.75) is 30.6 Å². The molecule has 1 saturated heterocycles. The number of hydrogen-bond donors (Lipinski definition) is 0. The minimum absolute atomic E-state index is 0.237. The third kappa shape index (κ3) is 2.92. The van der Waals surface area contributed by atoms with Gasteiger partial charge in [0.2, 0.25) is 10.0 Å². The van der Waals surface area contributed by atoms with E-state index in [1.165, 1.54) is 22.5 Å². The van der Waals surface area contributed by atoms with Gasteiger partial charge in [0.25, 0.3) is 0 Å². The van der Waals surface area contributed by atoms with Crippen LogP contribution < -0.4 is 0 Å². The Morgan fingerprint density at radius 3 is 2.33 bits per heavy atom. The molecular weight excluding hydrogens is 321 g/mol. The molecule has 1 fully saturated rings. The predicted octanol–water partition coefficient (Wildman–Crippen LogP) is 3.15. The van der Waals surface area contributed by atoms with Gasteiger partial charge in [-0.25, -0.2) is 12.8 Å². The van der Waals surface area contributed by atoms with E-state index in [0.29, 0.717) is 17.6 Å². The van der Waals surface area contributed by atoms with E-state index in [0.717, 1.165) is 25.7 Å². The van der Waals surface area contributed by atoms with Gasteiger partial charge in [0.1, 0.15) is 10.7 Å². The van der Waals surface area contributed by atoms with Crippen LogP contribution in [0.4, 0.5) is 4.39 Å². The molecule has 1 aromatic carbocycles. The highest BCUT2D eigenvalue weighted by atomic mass is 79.9. The van der Waals surface area contributed by atoms with Crippen molar-refractivity contribution >= 4 is 26.0 Å². The summed E-state index contributed by atoms with van der Waals surface area (Å²) in [6, 6.07) is 4.00. The molecule has 1 aromatic rings. The van der Waals surface area contributed by atoms with E-state index in [2.05, 4.69) is 15.9 Å². The first-order valence-electron chi connectivity index (χ1n) is 5.97. The monoisotopic (exact) mass is 335 g/mol. The topological polar surface area (TPSA) is 37.4 Å². The Hall–Kier alpha value is -0.460. The molecule has 0 saturated carbocycles. The smallest absolute Gasteiger partial charge is 0.207 e. The van der Waals surface area contributed by atoms with Crippen molar-refractivity contribution in [3.8, 4) is 0 Å². The Balaban J connectivity index is 2.37. The van der Waals surface area contributed by atoms with Crippen LogP contribution in [-0.2, 0) is 10.0 Å². The van der Waals surface area contributed by atoms with E-state index in [1.54, 1.807) is 0 Å². The van der Waals surface area contributed by atoms with Gasteiger partial charge >= 0.3 is 0 Å². The fourth-order valence-corrected chi connectivity index (χ4v) is 4.22. The first-order chi connectivity index (χ1) is 8.51. The van der Waals surface area contributed by atoms with Crippen molar-refractivity contribution in [3.05, 3.63) is 28.5 Å². The molecule has 0 unspecified atom stereocenters. The van der Waals surface area contributed by atoms with E-state index in [-0.39, 0.29) is 4.90 Å². The number of benzene rings is 1. The average Bonchev–Trinajstić information content (AvgIpc) is 2.61. The highest BCUT2D eigenvalue weighted by molar-refractivity contribution is 9.10. The second-order valence-electron chi connectivity index (χ2n) is 4.39. The van der Waals surface area contributed by atoms with Gasteiger partial charge in [-0.1, -0.05) is 28.8 Å². The molecule has 0 spiro atoms. The normalized spacial score (nSPS) is 18.6. The van der Waals surface area contributed by atoms with Crippen molar-refractivity contribution in [2.75, 3.05) is 13.1 Å². The van der Waals surface area contributed by atoms with Crippen molar-refractivity contribution in [3.63, 3.8) is 0 Å². The summed E-state index contributed by atoms with van der Waals surface area (Å²) in [7, 11) is -3.71. The Bertz CT molecular complexity index is 525. The molecule has 0 aromatic heterocycles. The second-order valence-corrected chi connectivity index (χ2v) is 7.22. The van der Waals surface area contributed by atoms with Crippen LogP contribution in [0.1, 0.15) is 25.7 Å². The van der Waals surface area contributed by atoms with Crippen molar-refractivity contribution in [1.29, 1.82) is 0 Å². The summed E-state index contributed by atoms with van der Waals surface area (Å²) < 4.78 is 40.4. The summed E-state index contributed by atoms with van der Waals surface area (Å²) in [6.07, 6.45) is 3.75. The second kappa shape index (κ2) is 5.67. The van der Waals surface area contributed by atoms with Gasteiger partial charge in [0, 0.05) is 17.6 Å². The predicted molar refractivity (Wildman–Crippen MR) is 71.3 cm³/mol. The van der Waals surface area contributed by atoms with Crippen LogP contribution in [0.3, 0.4) is 0 Å². The Labute approximate surface area is 115 Å². The molecule has 0 amide bonds.